The van der Waals surface area contributed by atoms with Crippen LogP contribution in [0.15, 0.2) is 44.3 Å². The van der Waals surface area contributed by atoms with Crippen molar-refractivity contribution in [1.82, 2.24) is 9.97 Å². The van der Waals surface area contributed by atoms with E-state index in [0.717, 1.165) is 0 Å². The Morgan fingerprint density at radius 1 is 1.00 bits per heavy atom. The molecule has 0 radical (unpaired) electrons. The zero-order chi connectivity index (χ0) is 20.4. The second-order valence-electron chi connectivity index (χ2n) is 5.72. The van der Waals surface area contributed by atoms with Gasteiger partial charge < -0.3 is 9.40 Å². The molecule has 0 fully saturated rings. The van der Waals surface area contributed by atoms with Gasteiger partial charge in [-0.15, -0.1) is 0 Å². The van der Waals surface area contributed by atoms with Gasteiger partial charge in [-0.05, 0) is 43.3 Å². The van der Waals surface area contributed by atoms with Crippen molar-refractivity contribution in [3.8, 4) is 11.3 Å². The van der Waals surface area contributed by atoms with Crippen molar-refractivity contribution < 1.29 is 14.3 Å². The lowest BCUT2D eigenvalue weighted by molar-refractivity contribution is -0.386. The minimum Gasteiger partial charge on any atom is -0.457 e. The number of nitrogens with one attached hydrogen (secondary N) is 2. The fraction of sp³-hybridized carbons (Fsp3) is 0.0588. The van der Waals surface area contributed by atoms with Crippen molar-refractivity contribution in [2.75, 3.05) is 0 Å². The highest BCUT2D eigenvalue weighted by molar-refractivity contribution is 5.71. The molecule has 0 spiro atoms. The summed E-state index contributed by atoms with van der Waals surface area (Å²) in [5.74, 6) is 0.716. The molecule has 2 heterocycles. The molecule has 3 aromatic rings. The normalized spacial score (nSPS) is 11.0. The van der Waals surface area contributed by atoms with Gasteiger partial charge in [-0.25, -0.2) is 4.79 Å². The first-order chi connectivity index (χ1) is 13.3. The zero-order valence-electron chi connectivity index (χ0n) is 14.3. The number of rotatable bonds is 5. The molecule has 0 saturated heterocycles. The highest BCUT2D eigenvalue weighted by atomic mass is 16.6. The Labute approximate surface area is 155 Å². The maximum atomic E-state index is 11.6. The molecule has 142 valence electrons. The fourth-order valence-corrected chi connectivity index (χ4v) is 2.58. The number of hydrogen-bond donors (Lipinski definition) is 2. The van der Waals surface area contributed by atoms with E-state index in [9.17, 15) is 29.8 Å². The Morgan fingerprint density at radius 3 is 2.39 bits per heavy atom. The van der Waals surface area contributed by atoms with Gasteiger partial charge in [0.15, 0.2) is 0 Å². The molecule has 3 rings (SSSR count). The monoisotopic (exact) mass is 384 g/mol. The zero-order valence-corrected chi connectivity index (χ0v) is 14.3. The summed E-state index contributed by atoms with van der Waals surface area (Å²) in [5.41, 5.74) is -2.00. The van der Waals surface area contributed by atoms with Gasteiger partial charge in [0.25, 0.3) is 5.69 Å². The molecule has 2 N–H and O–H groups in total. The van der Waals surface area contributed by atoms with Gasteiger partial charge in [0.05, 0.1) is 9.85 Å². The van der Waals surface area contributed by atoms with E-state index in [1.54, 1.807) is 30.1 Å². The third kappa shape index (κ3) is 3.62. The fourth-order valence-electron chi connectivity index (χ4n) is 2.58. The second kappa shape index (κ2) is 7.15. The lowest BCUT2D eigenvalue weighted by Crippen LogP contribution is -2.25. The van der Waals surface area contributed by atoms with E-state index in [1.807, 2.05) is 0 Å². The van der Waals surface area contributed by atoms with E-state index in [4.69, 9.17) is 4.42 Å². The summed E-state index contributed by atoms with van der Waals surface area (Å²) in [7, 11) is 0. The standard InChI is InChI=1S/C17H12N4O7/c1-9-8-10(2-6-13(9)20(24)25)14-7-4-11(28-14)3-5-12-15(21(26)27)16(22)19-17(23)18-12/h2-8H,1H3,(H2,18,19,22,23). The summed E-state index contributed by atoms with van der Waals surface area (Å²) in [6, 6.07) is 7.70. The highest BCUT2D eigenvalue weighted by Gasteiger charge is 2.19. The van der Waals surface area contributed by atoms with Crippen LogP contribution >= 0.6 is 0 Å². The van der Waals surface area contributed by atoms with Crippen LogP contribution in [0.2, 0.25) is 0 Å². The number of nitro groups is 2. The first-order valence-electron chi connectivity index (χ1n) is 7.80. The minimum atomic E-state index is -1.12. The molecule has 11 nitrogen and oxygen atoms in total. The molecule has 0 bridgehead atoms. The number of H-pyrrole nitrogens is 2. The molecule has 28 heavy (non-hydrogen) atoms. The topological polar surface area (TPSA) is 165 Å². The first-order valence-corrected chi connectivity index (χ1v) is 7.80. The number of nitro benzene ring substituents is 1. The van der Waals surface area contributed by atoms with E-state index in [1.165, 1.54) is 24.3 Å². The van der Waals surface area contributed by atoms with Gasteiger partial charge in [0.1, 0.15) is 17.2 Å². The van der Waals surface area contributed by atoms with Crippen molar-refractivity contribution in [2.45, 2.75) is 6.92 Å². The number of nitrogens with zero attached hydrogens (tertiary/aromatic N) is 2. The van der Waals surface area contributed by atoms with Gasteiger partial charge in [0.2, 0.25) is 0 Å². The van der Waals surface area contributed by atoms with Crippen LogP contribution in [0, 0.1) is 27.2 Å². The van der Waals surface area contributed by atoms with Gasteiger partial charge >= 0.3 is 16.9 Å². The predicted molar refractivity (Wildman–Crippen MR) is 98.8 cm³/mol. The lowest BCUT2D eigenvalue weighted by Gasteiger charge is -2.00. The molecular formula is C17H12N4O7. The van der Waals surface area contributed by atoms with Crippen LogP contribution in [0.5, 0.6) is 0 Å². The van der Waals surface area contributed by atoms with E-state index in [0.29, 0.717) is 22.6 Å². The number of aromatic nitrogens is 2. The van der Waals surface area contributed by atoms with Gasteiger partial charge in [-0.3, -0.25) is 30.0 Å². The van der Waals surface area contributed by atoms with E-state index >= 15 is 0 Å². The van der Waals surface area contributed by atoms with Gasteiger partial charge in [-0.1, -0.05) is 0 Å². The Morgan fingerprint density at radius 2 is 1.75 bits per heavy atom. The summed E-state index contributed by atoms with van der Waals surface area (Å²) in [5, 5.41) is 21.9. The summed E-state index contributed by atoms with van der Waals surface area (Å²) < 4.78 is 5.60. The minimum absolute atomic E-state index is 0.0130. The summed E-state index contributed by atoms with van der Waals surface area (Å²) in [6.07, 6.45) is 2.53. The molecule has 0 saturated carbocycles. The molecule has 0 unspecified atom stereocenters. The molecule has 11 heteroatoms. The average Bonchev–Trinajstić information content (AvgIpc) is 3.07. The van der Waals surface area contributed by atoms with Gasteiger partial charge in [-0.2, -0.15) is 0 Å². The predicted octanol–water partition coefficient (Wildman–Crippen LogP) is 2.62. The van der Waals surface area contributed by atoms with Crippen molar-refractivity contribution in [2.24, 2.45) is 0 Å². The molecular weight excluding hydrogens is 372 g/mol. The van der Waals surface area contributed by atoms with Crippen LogP contribution in [0.4, 0.5) is 11.4 Å². The highest BCUT2D eigenvalue weighted by Crippen LogP contribution is 2.28. The SMILES string of the molecule is Cc1cc(-c2ccc(C=Cc3[nH]c(=O)[nH]c(=O)c3[N+](=O)[O-])o2)ccc1[N+](=O)[O-]. The molecule has 0 aliphatic rings. The summed E-state index contributed by atoms with van der Waals surface area (Å²) in [6.45, 7) is 1.60. The maximum absolute atomic E-state index is 11.6. The molecule has 0 atom stereocenters. The summed E-state index contributed by atoms with van der Waals surface area (Å²) >= 11 is 0. The van der Waals surface area contributed by atoms with Crippen molar-refractivity contribution in [1.29, 1.82) is 0 Å². The van der Waals surface area contributed by atoms with E-state index in [-0.39, 0.29) is 11.4 Å². The third-order valence-corrected chi connectivity index (χ3v) is 3.85. The Bertz CT molecular complexity index is 1230. The van der Waals surface area contributed by atoms with Crippen molar-refractivity contribution in [3.63, 3.8) is 0 Å². The number of furan rings is 1. The van der Waals surface area contributed by atoms with Crippen LogP contribution in [0.3, 0.4) is 0 Å². The Balaban J connectivity index is 1.93. The quantitative estimate of drug-likeness (QED) is 0.504. The average molecular weight is 384 g/mol. The van der Waals surface area contributed by atoms with Crippen LogP contribution in [-0.2, 0) is 0 Å². The van der Waals surface area contributed by atoms with Crippen LogP contribution in [-0.4, -0.2) is 19.8 Å². The van der Waals surface area contributed by atoms with Crippen LogP contribution in [0.1, 0.15) is 17.0 Å². The molecule has 0 aliphatic heterocycles. The number of aryl methyl sites for hydroxylation is 1. The van der Waals surface area contributed by atoms with Crippen LogP contribution in [0.25, 0.3) is 23.5 Å². The number of aromatic amines is 2. The largest absolute Gasteiger partial charge is 0.457 e. The maximum Gasteiger partial charge on any atom is 0.357 e. The number of benzene rings is 1. The van der Waals surface area contributed by atoms with Crippen molar-refractivity contribution in [3.05, 3.63) is 88.4 Å². The Hall–Kier alpha value is -4.28. The Kier molecular flexibility index (Phi) is 4.73. The number of hydrogen-bond acceptors (Lipinski definition) is 7. The summed E-state index contributed by atoms with van der Waals surface area (Å²) in [4.78, 5) is 47.4. The van der Waals surface area contributed by atoms with Crippen molar-refractivity contribution >= 4 is 23.5 Å². The smallest absolute Gasteiger partial charge is 0.357 e. The lowest BCUT2D eigenvalue weighted by atomic mass is 10.1. The molecule has 1 aromatic carbocycles. The van der Waals surface area contributed by atoms with E-state index < -0.39 is 26.8 Å². The molecule has 0 amide bonds. The van der Waals surface area contributed by atoms with Crippen LogP contribution < -0.4 is 11.2 Å². The van der Waals surface area contributed by atoms with E-state index in [2.05, 4.69) is 4.98 Å². The molecule has 0 aliphatic carbocycles. The first kappa shape index (κ1) is 18.5. The van der Waals surface area contributed by atoms with Gasteiger partial charge in [0, 0.05) is 17.2 Å². The second-order valence-corrected chi connectivity index (χ2v) is 5.72. The molecule has 2 aromatic heterocycles. The third-order valence-electron chi connectivity index (χ3n) is 3.85.